The Morgan fingerprint density at radius 3 is 2.07 bits per heavy atom. The van der Waals surface area contributed by atoms with Gasteiger partial charge < -0.3 is 0 Å². The van der Waals surface area contributed by atoms with E-state index in [4.69, 9.17) is 0 Å². The fourth-order valence-electron chi connectivity index (χ4n) is 2.01. The van der Waals surface area contributed by atoms with Crippen LogP contribution in [0.15, 0.2) is 46.2 Å². The van der Waals surface area contributed by atoms with Crippen LogP contribution < -0.4 is 10.3 Å². The summed E-state index contributed by atoms with van der Waals surface area (Å²) in [4.78, 5) is 10.6. The zero-order chi connectivity index (χ0) is 20.6. The Bertz CT molecular complexity index is 981. The first kappa shape index (κ1) is 20.9. The van der Waals surface area contributed by atoms with Gasteiger partial charge >= 0.3 is 12.4 Å². The third-order valence-corrected chi connectivity index (χ3v) is 4.81. The van der Waals surface area contributed by atoms with E-state index in [1.165, 1.54) is 11.8 Å². The summed E-state index contributed by atoms with van der Waals surface area (Å²) in [7, 11) is -3.64. The summed E-state index contributed by atoms with van der Waals surface area (Å²) >= 11 is 0. The lowest BCUT2D eigenvalue weighted by Crippen LogP contribution is -2.38. The molecule has 1 N–H and O–H groups in total. The molecular weight excluding hydrogens is 404 g/mol. The lowest BCUT2D eigenvalue weighted by molar-refractivity contribution is -0.153. The number of halogens is 6. The quantitative estimate of drug-likeness (QED) is 0.778. The molecule has 0 fully saturated rings. The van der Waals surface area contributed by atoms with Gasteiger partial charge in [0.1, 0.15) is 10.9 Å². The third kappa shape index (κ3) is 4.86. The van der Waals surface area contributed by atoms with Crippen molar-refractivity contribution in [2.45, 2.75) is 23.3 Å². The number of rotatable bonds is 4. The molecular formula is C14H11F6N3O3S. The van der Waals surface area contributed by atoms with Crippen LogP contribution in [-0.2, 0) is 23.2 Å². The first-order valence-corrected chi connectivity index (χ1v) is 8.50. The second-order valence-corrected chi connectivity index (χ2v) is 7.08. The minimum atomic E-state index is -5.15. The van der Waals surface area contributed by atoms with Gasteiger partial charge in [0.2, 0.25) is 10.0 Å². The number of aryl methyl sites for hydroxylation is 1. The summed E-state index contributed by atoms with van der Waals surface area (Å²) in [6.07, 6.45) is -9.24. The fourth-order valence-corrected chi connectivity index (χ4v) is 3.17. The molecule has 13 heteroatoms. The van der Waals surface area contributed by atoms with Gasteiger partial charge in [-0.1, -0.05) is 12.1 Å². The molecule has 27 heavy (non-hydrogen) atoms. The van der Waals surface area contributed by atoms with Gasteiger partial charge in [0.15, 0.2) is 0 Å². The molecule has 0 bridgehead atoms. The monoisotopic (exact) mass is 415 g/mol. The third-order valence-electron chi connectivity index (χ3n) is 3.42. The SMILES string of the molecule is Cn1ncc(S(=O)(=O)N[C@H](c2ccc(C(F)(F)F)cc2)C(F)(F)F)cc1=O. The Morgan fingerprint density at radius 2 is 1.63 bits per heavy atom. The highest BCUT2D eigenvalue weighted by atomic mass is 32.2. The van der Waals surface area contributed by atoms with Crippen LogP contribution in [0.3, 0.4) is 0 Å². The number of hydrogen-bond donors (Lipinski definition) is 1. The van der Waals surface area contributed by atoms with Crippen molar-refractivity contribution in [1.29, 1.82) is 0 Å². The van der Waals surface area contributed by atoms with Crippen molar-refractivity contribution in [2.75, 3.05) is 0 Å². The number of sulfonamides is 1. The molecule has 0 aliphatic carbocycles. The van der Waals surface area contributed by atoms with Crippen molar-refractivity contribution in [3.63, 3.8) is 0 Å². The Hall–Kier alpha value is -2.41. The van der Waals surface area contributed by atoms with Crippen LogP contribution in [-0.4, -0.2) is 24.4 Å². The van der Waals surface area contributed by atoms with Crippen molar-refractivity contribution < 1.29 is 34.8 Å². The number of benzene rings is 1. The van der Waals surface area contributed by atoms with Crippen molar-refractivity contribution in [3.05, 3.63) is 58.0 Å². The van der Waals surface area contributed by atoms with Crippen molar-refractivity contribution >= 4 is 10.0 Å². The van der Waals surface area contributed by atoms with Gasteiger partial charge in [-0.2, -0.15) is 36.2 Å². The van der Waals surface area contributed by atoms with Crippen LogP contribution in [0, 0.1) is 0 Å². The molecule has 2 rings (SSSR count). The zero-order valence-corrected chi connectivity index (χ0v) is 14.2. The van der Waals surface area contributed by atoms with E-state index in [1.807, 2.05) is 0 Å². The summed E-state index contributed by atoms with van der Waals surface area (Å²) in [5.41, 5.74) is -2.82. The van der Waals surface area contributed by atoms with Gasteiger partial charge in [0.25, 0.3) is 5.56 Å². The average Bonchev–Trinajstić information content (AvgIpc) is 2.53. The maximum absolute atomic E-state index is 13.3. The van der Waals surface area contributed by atoms with E-state index >= 15 is 0 Å². The van der Waals surface area contributed by atoms with Crippen LogP contribution >= 0.6 is 0 Å². The van der Waals surface area contributed by atoms with E-state index in [-0.39, 0.29) is 0 Å². The van der Waals surface area contributed by atoms with Gasteiger partial charge in [0, 0.05) is 13.1 Å². The molecule has 2 aromatic rings. The van der Waals surface area contributed by atoms with E-state index in [0.29, 0.717) is 36.5 Å². The summed E-state index contributed by atoms with van der Waals surface area (Å²) in [6.45, 7) is 0. The van der Waals surface area contributed by atoms with Crippen LogP contribution in [0.25, 0.3) is 0 Å². The minimum Gasteiger partial charge on any atom is -0.268 e. The summed E-state index contributed by atoms with van der Waals surface area (Å²) in [6, 6.07) is -0.411. The summed E-state index contributed by atoms with van der Waals surface area (Å²) in [5, 5.41) is 3.40. The van der Waals surface area contributed by atoms with Crippen molar-refractivity contribution in [2.24, 2.45) is 7.05 Å². The Kier molecular flexibility index (Phi) is 5.39. The van der Waals surface area contributed by atoms with E-state index < -0.39 is 50.0 Å². The molecule has 0 amide bonds. The molecule has 148 valence electrons. The maximum Gasteiger partial charge on any atom is 0.416 e. The molecule has 1 atom stereocenters. The van der Waals surface area contributed by atoms with Crippen molar-refractivity contribution in [1.82, 2.24) is 14.5 Å². The highest BCUT2D eigenvalue weighted by molar-refractivity contribution is 7.89. The second kappa shape index (κ2) is 6.96. The largest absolute Gasteiger partial charge is 0.416 e. The standard InChI is InChI=1S/C14H11F6N3O3S/c1-23-11(24)6-10(7-21-23)27(25,26)22-12(14(18,19)20)8-2-4-9(5-3-8)13(15,16)17/h2-7,12,22H,1H3/t12-/m1/s1. The Labute approximate surface area is 148 Å². The lowest BCUT2D eigenvalue weighted by Gasteiger charge is -2.22. The molecule has 0 saturated carbocycles. The first-order chi connectivity index (χ1) is 12.2. The number of aromatic nitrogens is 2. The Morgan fingerprint density at radius 1 is 1.07 bits per heavy atom. The molecule has 0 spiro atoms. The van der Waals surface area contributed by atoms with Gasteiger partial charge in [0.05, 0.1) is 11.8 Å². The van der Waals surface area contributed by atoms with E-state index in [2.05, 4.69) is 5.10 Å². The molecule has 6 nitrogen and oxygen atoms in total. The topological polar surface area (TPSA) is 81.1 Å². The lowest BCUT2D eigenvalue weighted by atomic mass is 10.1. The summed E-state index contributed by atoms with van der Waals surface area (Å²) < 4.78 is 104. The van der Waals surface area contributed by atoms with Crippen LogP contribution in [0.4, 0.5) is 26.3 Å². The second-order valence-electron chi connectivity index (χ2n) is 5.37. The van der Waals surface area contributed by atoms with Crippen molar-refractivity contribution in [3.8, 4) is 0 Å². The molecule has 0 aliphatic rings. The normalized spacial score (nSPS) is 14.2. The smallest absolute Gasteiger partial charge is 0.268 e. The Balaban J connectivity index is 2.43. The first-order valence-electron chi connectivity index (χ1n) is 7.01. The molecule has 0 saturated heterocycles. The maximum atomic E-state index is 13.3. The van der Waals surface area contributed by atoms with Gasteiger partial charge in [-0.05, 0) is 17.7 Å². The van der Waals surface area contributed by atoms with E-state index in [1.54, 1.807) is 0 Å². The molecule has 0 aliphatic heterocycles. The van der Waals surface area contributed by atoms with Gasteiger partial charge in [-0.15, -0.1) is 0 Å². The number of nitrogens with zero attached hydrogens (tertiary/aromatic N) is 2. The number of hydrogen-bond acceptors (Lipinski definition) is 4. The van der Waals surface area contributed by atoms with Crippen LogP contribution in [0.5, 0.6) is 0 Å². The zero-order valence-electron chi connectivity index (χ0n) is 13.3. The highest BCUT2D eigenvalue weighted by Gasteiger charge is 2.44. The number of alkyl halides is 6. The molecule has 0 unspecified atom stereocenters. The summed E-state index contributed by atoms with van der Waals surface area (Å²) in [5.74, 6) is 0. The number of nitrogens with one attached hydrogen (secondary N) is 1. The predicted octanol–water partition coefficient (Wildman–Crippen LogP) is 2.38. The fraction of sp³-hybridized carbons (Fsp3) is 0.286. The van der Waals surface area contributed by atoms with Gasteiger partial charge in [-0.25, -0.2) is 13.1 Å². The molecule has 1 aromatic carbocycles. The van der Waals surface area contributed by atoms with E-state index in [0.717, 1.165) is 4.68 Å². The molecule has 0 radical (unpaired) electrons. The van der Waals surface area contributed by atoms with Crippen LogP contribution in [0.2, 0.25) is 0 Å². The minimum absolute atomic E-state index is 0.405. The van der Waals surface area contributed by atoms with Crippen LogP contribution in [0.1, 0.15) is 17.2 Å². The molecule has 1 heterocycles. The van der Waals surface area contributed by atoms with Gasteiger partial charge in [-0.3, -0.25) is 4.79 Å². The average molecular weight is 415 g/mol. The van der Waals surface area contributed by atoms with E-state index in [9.17, 15) is 39.6 Å². The molecule has 1 aromatic heterocycles. The predicted molar refractivity (Wildman–Crippen MR) is 80.0 cm³/mol. The highest BCUT2D eigenvalue weighted by Crippen LogP contribution is 2.36.